The van der Waals surface area contributed by atoms with Gasteiger partial charge in [0.25, 0.3) is 0 Å². The van der Waals surface area contributed by atoms with Gasteiger partial charge in [-0.2, -0.15) is 0 Å². The lowest BCUT2D eigenvalue weighted by Gasteiger charge is -2.15. The molecule has 0 rings (SSSR count). The van der Waals surface area contributed by atoms with Gasteiger partial charge in [-0.15, -0.1) is 0 Å². The first-order valence-corrected chi connectivity index (χ1v) is 7.58. The van der Waals surface area contributed by atoms with Gasteiger partial charge >= 0.3 is 8.72 Å². The molecule has 96 valence electrons. The maximum absolute atomic E-state index is 4.62. The lowest BCUT2D eigenvalue weighted by Crippen LogP contribution is -2.30. The van der Waals surface area contributed by atoms with E-state index in [0.29, 0.717) is 0 Å². The van der Waals surface area contributed by atoms with Gasteiger partial charge in [-0.3, -0.25) is 18.6 Å². The predicted octanol–water partition coefficient (Wildman–Crippen LogP) is 3.35. The molecule has 17 heavy (non-hydrogen) atoms. The van der Waals surface area contributed by atoms with Gasteiger partial charge in [-0.1, -0.05) is 0 Å². The van der Waals surface area contributed by atoms with Gasteiger partial charge in [0.1, 0.15) is 0 Å². The van der Waals surface area contributed by atoms with E-state index in [9.17, 15) is 0 Å². The second kappa shape index (κ2) is 6.59. The van der Waals surface area contributed by atoms with Crippen LogP contribution in [0, 0.1) is 0 Å². The average molecular weight is 252 g/mol. The highest BCUT2D eigenvalue weighted by Crippen LogP contribution is 2.14. The highest BCUT2D eigenvalue weighted by atomic mass is 28.4. The van der Waals surface area contributed by atoms with Crippen LogP contribution in [0.15, 0.2) is 18.6 Å². The second-order valence-corrected chi connectivity index (χ2v) is 6.93. The van der Waals surface area contributed by atoms with Crippen LogP contribution in [0.3, 0.4) is 0 Å². The van der Waals surface area contributed by atoms with E-state index in [0.717, 1.165) is 22.8 Å². The first-order chi connectivity index (χ1) is 7.67. The van der Waals surface area contributed by atoms with Crippen LogP contribution < -0.4 is 0 Å². The summed E-state index contributed by atoms with van der Waals surface area (Å²) in [4.78, 5) is 0. The van der Waals surface area contributed by atoms with Crippen LogP contribution in [0.5, 0.6) is 0 Å². The molecule has 0 bridgehead atoms. The largest absolute Gasteiger partial charge is 0.576 e. The molecule has 0 atom stereocenters. The van der Waals surface area contributed by atoms with Crippen LogP contribution in [0.1, 0.15) is 55.4 Å². The molecule has 0 spiro atoms. The highest BCUT2D eigenvalue weighted by molar-refractivity contribution is 6.77. The van der Waals surface area contributed by atoms with E-state index in [-0.39, 0.29) is 0 Å². The van der Waals surface area contributed by atoms with Crippen molar-refractivity contribution >= 4 is 31.6 Å². The third-order valence-corrected chi connectivity index (χ3v) is 4.48. The molecule has 0 aliphatic rings. The van der Waals surface area contributed by atoms with Gasteiger partial charge < -0.3 is 0 Å². The SMILES string of the molecule is CC(C)=N[Si](N=C(C)C)(N=C(C)C)N=C(C)C. The van der Waals surface area contributed by atoms with Crippen molar-refractivity contribution < 1.29 is 0 Å². The van der Waals surface area contributed by atoms with Gasteiger partial charge in [0.2, 0.25) is 0 Å². The van der Waals surface area contributed by atoms with Gasteiger partial charge in [0, 0.05) is 22.8 Å². The summed E-state index contributed by atoms with van der Waals surface area (Å²) in [6, 6.07) is 0. The summed E-state index contributed by atoms with van der Waals surface area (Å²) in [5.74, 6) is 0. The zero-order valence-electron chi connectivity index (χ0n) is 12.3. The summed E-state index contributed by atoms with van der Waals surface area (Å²) in [5.41, 5.74) is 3.88. The molecule has 0 saturated carbocycles. The molecular weight excluding hydrogens is 228 g/mol. The van der Waals surface area contributed by atoms with E-state index in [4.69, 9.17) is 0 Å². The quantitative estimate of drug-likeness (QED) is 0.544. The summed E-state index contributed by atoms with van der Waals surface area (Å²) >= 11 is 0. The molecule has 0 unspecified atom stereocenters. The summed E-state index contributed by atoms with van der Waals surface area (Å²) in [5, 5.41) is 0. The summed E-state index contributed by atoms with van der Waals surface area (Å²) in [6.45, 7) is 15.7. The van der Waals surface area contributed by atoms with Crippen molar-refractivity contribution in [3.63, 3.8) is 0 Å². The van der Waals surface area contributed by atoms with Crippen LogP contribution in [-0.4, -0.2) is 31.6 Å². The molecule has 0 heterocycles. The smallest absolute Gasteiger partial charge is 0.265 e. The molecule has 0 aromatic carbocycles. The molecular formula is C12H24N4Si. The van der Waals surface area contributed by atoms with Gasteiger partial charge in [-0.25, -0.2) is 0 Å². The van der Waals surface area contributed by atoms with Crippen molar-refractivity contribution in [2.24, 2.45) is 18.6 Å². The van der Waals surface area contributed by atoms with Crippen LogP contribution >= 0.6 is 0 Å². The minimum atomic E-state index is -2.70. The molecule has 0 amide bonds. The van der Waals surface area contributed by atoms with Crippen molar-refractivity contribution in [2.75, 3.05) is 0 Å². The van der Waals surface area contributed by atoms with Crippen molar-refractivity contribution in [2.45, 2.75) is 55.4 Å². The van der Waals surface area contributed by atoms with E-state index in [1.54, 1.807) is 0 Å². The Morgan fingerprint density at radius 2 is 0.647 bits per heavy atom. The molecule has 4 nitrogen and oxygen atoms in total. The van der Waals surface area contributed by atoms with Crippen molar-refractivity contribution in [1.29, 1.82) is 0 Å². The van der Waals surface area contributed by atoms with E-state index < -0.39 is 8.72 Å². The molecule has 0 N–H and O–H groups in total. The maximum atomic E-state index is 4.62. The molecule has 0 aromatic heterocycles. The maximum Gasteiger partial charge on any atom is 0.576 e. The Morgan fingerprint density at radius 1 is 0.471 bits per heavy atom. The summed E-state index contributed by atoms with van der Waals surface area (Å²) < 4.78 is 18.5. The zero-order valence-corrected chi connectivity index (χ0v) is 13.3. The molecule has 0 saturated heterocycles. The fourth-order valence-corrected chi connectivity index (χ4v) is 4.05. The minimum absolute atomic E-state index is 0.969. The van der Waals surface area contributed by atoms with Crippen molar-refractivity contribution in [3.05, 3.63) is 0 Å². The van der Waals surface area contributed by atoms with Crippen molar-refractivity contribution in [3.8, 4) is 0 Å². The Kier molecular flexibility index (Phi) is 6.16. The lowest BCUT2D eigenvalue weighted by molar-refractivity contribution is 1.29. The Morgan fingerprint density at radius 3 is 0.765 bits per heavy atom. The van der Waals surface area contributed by atoms with E-state index >= 15 is 0 Å². The normalized spacial score (nSPS) is 10.4. The molecule has 0 aromatic rings. The van der Waals surface area contributed by atoms with E-state index in [1.807, 2.05) is 55.4 Å². The molecule has 0 aliphatic heterocycles. The number of hydrogen-bond acceptors (Lipinski definition) is 4. The third kappa shape index (κ3) is 6.94. The molecule has 5 heteroatoms. The standard InChI is InChI=1S/C12H24N4Si/c1-9(2)13-17(14-10(3)4,15-11(5)6)16-12(7)8/h1-8H3. The van der Waals surface area contributed by atoms with Gasteiger partial charge in [0.15, 0.2) is 0 Å². The number of nitrogens with zero attached hydrogens (tertiary/aromatic N) is 4. The van der Waals surface area contributed by atoms with E-state index in [2.05, 4.69) is 18.6 Å². The Labute approximate surface area is 106 Å². The van der Waals surface area contributed by atoms with Crippen LogP contribution in [0.25, 0.3) is 0 Å². The number of rotatable bonds is 4. The first-order valence-electron chi connectivity index (χ1n) is 5.79. The highest BCUT2D eigenvalue weighted by Gasteiger charge is 2.35. The molecule has 0 fully saturated rings. The minimum Gasteiger partial charge on any atom is -0.265 e. The van der Waals surface area contributed by atoms with Crippen LogP contribution in [0.4, 0.5) is 0 Å². The third-order valence-electron chi connectivity index (χ3n) is 1.49. The summed E-state index contributed by atoms with van der Waals surface area (Å²) in [6.07, 6.45) is 0. The van der Waals surface area contributed by atoms with E-state index in [1.165, 1.54) is 0 Å². The first kappa shape index (κ1) is 15.9. The van der Waals surface area contributed by atoms with Crippen molar-refractivity contribution in [1.82, 2.24) is 0 Å². The second-order valence-electron chi connectivity index (χ2n) is 4.84. The average Bonchev–Trinajstić information content (AvgIpc) is 1.95. The monoisotopic (exact) mass is 252 g/mol. The van der Waals surface area contributed by atoms with Crippen LogP contribution in [-0.2, 0) is 0 Å². The number of hydrogen-bond donors (Lipinski definition) is 0. The van der Waals surface area contributed by atoms with Crippen LogP contribution in [0.2, 0.25) is 0 Å². The fraction of sp³-hybridized carbons (Fsp3) is 0.667. The molecule has 0 aliphatic carbocycles. The lowest BCUT2D eigenvalue weighted by atomic mass is 10.5. The predicted molar refractivity (Wildman–Crippen MR) is 80.9 cm³/mol. The topological polar surface area (TPSA) is 49.4 Å². The Balaban J connectivity index is 5.89. The fourth-order valence-electron chi connectivity index (χ4n) is 1.35. The summed E-state index contributed by atoms with van der Waals surface area (Å²) in [7, 11) is -2.70. The van der Waals surface area contributed by atoms with Gasteiger partial charge in [0.05, 0.1) is 0 Å². The van der Waals surface area contributed by atoms with Gasteiger partial charge in [-0.05, 0) is 55.4 Å². The Bertz CT molecular complexity index is 298. The zero-order chi connectivity index (χ0) is 13.6. The molecule has 0 radical (unpaired) electrons. The Hall–Kier alpha value is -1.10.